The third-order valence-electron chi connectivity index (χ3n) is 5.89. The number of aryl methyl sites for hydroxylation is 1. The van der Waals surface area contributed by atoms with Gasteiger partial charge in [-0.3, -0.25) is 14.3 Å². The van der Waals surface area contributed by atoms with Crippen molar-refractivity contribution in [1.82, 2.24) is 19.2 Å². The van der Waals surface area contributed by atoms with Gasteiger partial charge in [0.05, 0.1) is 18.7 Å². The van der Waals surface area contributed by atoms with Crippen molar-refractivity contribution >= 4 is 17.6 Å². The van der Waals surface area contributed by atoms with Gasteiger partial charge in [-0.2, -0.15) is 5.10 Å². The fourth-order valence-electron chi connectivity index (χ4n) is 4.11. The van der Waals surface area contributed by atoms with Crippen LogP contribution in [0.25, 0.3) is 0 Å². The first-order chi connectivity index (χ1) is 15.0. The molecule has 1 aromatic carbocycles. The molecular weight excluding hydrogens is 398 g/mol. The number of hydrogen-bond donors (Lipinski definition) is 1. The Morgan fingerprint density at radius 3 is 2.42 bits per heavy atom. The van der Waals surface area contributed by atoms with E-state index in [-0.39, 0.29) is 23.5 Å². The number of amides is 1. The Bertz CT molecular complexity index is 998. The van der Waals surface area contributed by atoms with Crippen molar-refractivity contribution in [3.63, 3.8) is 0 Å². The number of ether oxygens (including phenoxy) is 1. The predicted octanol–water partition coefficient (Wildman–Crippen LogP) is 1.91. The average Bonchev–Trinajstić information content (AvgIpc) is 3.55. The fourth-order valence-corrected chi connectivity index (χ4v) is 4.11. The quantitative estimate of drug-likeness (QED) is 0.678. The summed E-state index contributed by atoms with van der Waals surface area (Å²) in [5, 5.41) is 7.38. The van der Waals surface area contributed by atoms with Crippen LogP contribution in [0.15, 0.2) is 29.1 Å². The Morgan fingerprint density at radius 2 is 1.81 bits per heavy atom. The van der Waals surface area contributed by atoms with Crippen molar-refractivity contribution in [2.75, 3.05) is 31.6 Å². The third-order valence-corrected chi connectivity index (χ3v) is 5.89. The summed E-state index contributed by atoms with van der Waals surface area (Å²) in [6.07, 6.45) is 3.87. The van der Waals surface area contributed by atoms with E-state index in [1.54, 1.807) is 38.2 Å². The van der Waals surface area contributed by atoms with E-state index in [2.05, 4.69) is 15.3 Å². The van der Waals surface area contributed by atoms with Crippen LogP contribution in [-0.2, 0) is 16.6 Å². The molecular formula is C22H29N5O4. The van der Waals surface area contributed by atoms with E-state index in [0.29, 0.717) is 30.4 Å². The van der Waals surface area contributed by atoms with Gasteiger partial charge < -0.3 is 10.1 Å². The number of rotatable bonds is 7. The van der Waals surface area contributed by atoms with Gasteiger partial charge in [-0.05, 0) is 70.0 Å². The van der Waals surface area contributed by atoms with Gasteiger partial charge in [-0.1, -0.05) is 0 Å². The molecule has 1 saturated carbocycles. The van der Waals surface area contributed by atoms with Crippen LogP contribution in [0.3, 0.4) is 0 Å². The molecule has 0 atom stereocenters. The molecule has 2 fully saturated rings. The first-order valence-electron chi connectivity index (χ1n) is 10.9. The Morgan fingerprint density at radius 1 is 1.13 bits per heavy atom. The van der Waals surface area contributed by atoms with Gasteiger partial charge in [0.1, 0.15) is 5.82 Å². The lowest BCUT2D eigenvalue weighted by Gasteiger charge is -2.31. The van der Waals surface area contributed by atoms with Crippen LogP contribution in [0.2, 0.25) is 0 Å². The average molecular weight is 428 g/mol. The van der Waals surface area contributed by atoms with Crippen LogP contribution in [0.1, 0.15) is 60.7 Å². The van der Waals surface area contributed by atoms with E-state index >= 15 is 0 Å². The van der Waals surface area contributed by atoms with Gasteiger partial charge in [0, 0.05) is 24.7 Å². The minimum Gasteiger partial charge on any atom is -0.462 e. The first-order valence-corrected chi connectivity index (χ1v) is 10.9. The molecule has 0 bridgehead atoms. The van der Waals surface area contributed by atoms with E-state index in [4.69, 9.17) is 4.74 Å². The second-order valence-corrected chi connectivity index (χ2v) is 8.26. The predicted molar refractivity (Wildman–Crippen MR) is 115 cm³/mol. The highest BCUT2D eigenvalue weighted by atomic mass is 16.5. The SMILES string of the molecule is CCOC(=O)c1ccc(NC(=O)CN2CCC(c3nn(C)c(=O)n3C3CC3)CC2)cc1. The number of aromatic nitrogens is 3. The standard InChI is InChI=1S/C22H29N5O4/c1-3-31-21(29)16-4-6-17(7-5-16)23-19(28)14-26-12-10-15(11-13-26)20-24-25(2)22(30)27(20)18-8-9-18/h4-7,15,18H,3,8-14H2,1-2H3,(H,23,28). The lowest BCUT2D eigenvalue weighted by Crippen LogP contribution is -2.39. The number of esters is 1. The van der Waals surface area contributed by atoms with Gasteiger partial charge in [0.2, 0.25) is 5.91 Å². The van der Waals surface area contributed by atoms with Gasteiger partial charge in [0.15, 0.2) is 0 Å². The molecule has 0 spiro atoms. The zero-order valence-electron chi connectivity index (χ0n) is 18.0. The maximum absolute atomic E-state index is 12.4. The lowest BCUT2D eigenvalue weighted by molar-refractivity contribution is -0.117. The number of carbonyl (C=O) groups excluding carboxylic acids is 2. The summed E-state index contributed by atoms with van der Waals surface area (Å²) < 4.78 is 8.29. The molecule has 2 aliphatic rings. The first kappa shape index (κ1) is 21.3. The monoisotopic (exact) mass is 427 g/mol. The van der Waals surface area contributed by atoms with Gasteiger partial charge >= 0.3 is 11.7 Å². The van der Waals surface area contributed by atoms with Gasteiger partial charge in [-0.15, -0.1) is 0 Å². The molecule has 1 N–H and O–H groups in total. The lowest BCUT2D eigenvalue weighted by atomic mass is 9.96. The van der Waals surface area contributed by atoms with Crippen LogP contribution in [-0.4, -0.2) is 57.4 Å². The number of hydrogen-bond acceptors (Lipinski definition) is 6. The van der Waals surface area contributed by atoms with Gasteiger partial charge in [0.25, 0.3) is 0 Å². The minimum absolute atomic E-state index is 0.0201. The number of carbonyl (C=O) groups is 2. The summed E-state index contributed by atoms with van der Waals surface area (Å²) in [5.41, 5.74) is 1.09. The van der Waals surface area contributed by atoms with E-state index in [9.17, 15) is 14.4 Å². The summed E-state index contributed by atoms with van der Waals surface area (Å²) in [6, 6.07) is 7.01. The fraction of sp³-hybridized carbons (Fsp3) is 0.545. The number of piperidine rings is 1. The molecule has 1 aliphatic heterocycles. The molecule has 0 radical (unpaired) electrons. The van der Waals surface area contributed by atoms with Crippen molar-refractivity contribution < 1.29 is 14.3 Å². The molecule has 0 unspecified atom stereocenters. The Labute approximate surface area is 181 Å². The van der Waals surface area contributed by atoms with Gasteiger partial charge in [-0.25, -0.2) is 14.3 Å². The second kappa shape index (κ2) is 9.05. The van der Waals surface area contributed by atoms with Crippen molar-refractivity contribution in [1.29, 1.82) is 0 Å². The minimum atomic E-state index is -0.372. The molecule has 9 nitrogen and oxygen atoms in total. The highest BCUT2D eigenvalue weighted by molar-refractivity contribution is 5.94. The van der Waals surface area contributed by atoms with E-state index < -0.39 is 0 Å². The highest BCUT2D eigenvalue weighted by Crippen LogP contribution is 2.37. The Hall–Kier alpha value is -2.94. The molecule has 2 heterocycles. The molecule has 1 aromatic heterocycles. The molecule has 9 heteroatoms. The number of benzene rings is 1. The summed E-state index contributed by atoms with van der Waals surface area (Å²) in [5.74, 6) is 0.698. The topological polar surface area (TPSA) is 98.5 Å². The molecule has 166 valence electrons. The Balaban J connectivity index is 1.28. The molecule has 1 aliphatic carbocycles. The summed E-state index contributed by atoms with van der Waals surface area (Å²) in [4.78, 5) is 38.6. The second-order valence-electron chi connectivity index (χ2n) is 8.26. The van der Waals surface area contributed by atoms with Crippen LogP contribution in [0, 0.1) is 0 Å². The van der Waals surface area contributed by atoms with Crippen molar-refractivity contribution in [3.8, 4) is 0 Å². The molecule has 2 aromatic rings. The summed E-state index contributed by atoms with van der Waals surface area (Å²) in [6.45, 7) is 3.97. The molecule has 31 heavy (non-hydrogen) atoms. The zero-order valence-corrected chi connectivity index (χ0v) is 18.0. The van der Waals surface area contributed by atoms with Crippen LogP contribution >= 0.6 is 0 Å². The van der Waals surface area contributed by atoms with Crippen LogP contribution in [0.5, 0.6) is 0 Å². The van der Waals surface area contributed by atoms with Crippen molar-refractivity contribution in [2.45, 2.75) is 44.6 Å². The largest absolute Gasteiger partial charge is 0.462 e. The number of nitrogens with one attached hydrogen (secondary N) is 1. The van der Waals surface area contributed by atoms with Crippen LogP contribution in [0.4, 0.5) is 5.69 Å². The smallest absolute Gasteiger partial charge is 0.345 e. The molecule has 4 rings (SSSR count). The normalized spacial score (nSPS) is 17.5. The van der Waals surface area contributed by atoms with Crippen molar-refractivity contribution in [3.05, 3.63) is 46.1 Å². The third kappa shape index (κ3) is 4.87. The Kier molecular flexibility index (Phi) is 6.22. The van der Waals surface area contributed by atoms with E-state index in [1.165, 1.54) is 4.68 Å². The number of nitrogens with zero attached hydrogens (tertiary/aromatic N) is 4. The maximum atomic E-state index is 12.4. The van der Waals surface area contributed by atoms with E-state index in [0.717, 1.165) is 44.6 Å². The highest BCUT2D eigenvalue weighted by Gasteiger charge is 2.33. The molecule has 1 saturated heterocycles. The number of likely N-dealkylation sites (tertiary alicyclic amines) is 1. The van der Waals surface area contributed by atoms with Crippen LogP contribution < -0.4 is 11.0 Å². The summed E-state index contributed by atoms with van der Waals surface area (Å²) in [7, 11) is 1.71. The van der Waals surface area contributed by atoms with E-state index in [1.807, 2.05) is 4.57 Å². The zero-order chi connectivity index (χ0) is 22.0. The maximum Gasteiger partial charge on any atom is 0.345 e. The molecule has 1 amide bonds. The number of anilines is 1. The summed E-state index contributed by atoms with van der Waals surface area (Å²) >= 11 is 0. The van der Waals surface area contributed by atoms with Crippen molar-refractivity contribution in [2.24, 2.45) is 7.05 Å².